The fraction of sp³-hybridized carbons (Fsp3) is 0.333. The molecule has 0 bridgehead atoms. The van der Waals surface area contributed by atoms with Gasteiger partial charge in [0.15, 0.2) is 0 Å². The van der Waals surface area contributed by atoms with E-state index < -0.39 is 0 Å². The van der Waals surface area contributed by atoms with Crippen molar-refractivity contribution in [3.8, 4) is 0 Å². The average molecular weight is 210 g/mol. The molecule has 0 saturated heterocycles. The van der Waals surface area contributed by atoms with Crippen molar-refractivity contribution in [1.29, 1.82) is 0 Å². The Balaban J connectivity index is 2.64. The molecule has 0 aromatic heterocycles. The molecule has 0 aliphatic heterocycles. The summed E-state index contributed by atoms with van der Waals surface area (Å²) in [7, 11) is 0. The van der Waals surface area contributed by atoms with Gasteiger partial charge in [0.2, 0.25) is 0 Å². The molecular weight excluding hydrogens is 194 g/mol. The molecule has 1 aromatic rings. The molecule has 1 N–H and O–H groups in total. The van der Waals surface area contributed by atoms with Gasteiger partial charge in [0.05, 0.1) is 0 Å². The van der Waals surface area contributed by atoms with Crippen molar-refractivity contribution in [2.75, 3.05) is 6.54 Å². The molecule has 2 heteroatoms. The van der Waals surface area contributed by atoms with Crippen molar-refractivity contribution in [2.45, 2.75) is 19.9 Å². The van der Waals surface area contributed by atoms with E-state index in [1.165, 1.54) is 0 Å². The van der Waals surface area contributed by atoms with Crippen LogP contribution in [0.15, 0.2) is 24.8 Å². The molecular formula is C12H16ClN. The van der Waals surface area contributed by atoms with Gasteiger partial charge < -0.3 is 5.32 Å². The van der Waals surface area contributed by atoms with Crippen LogP contribution in [-0.4, -0.2) is 6.54 Å². The van der Waals surface area contributed by atoms with E-state index in [0.29, 0.717) is 0 Å². The van der Waals surface area contributed by atoms with Crippen LogP contribution in [0.2, 0.25) is 5.02 Å². The zero-order valence-electron chi connectivity index (χ0n) is 8.52. The summed E-state index contributed by atoms with van der Waals surface area (Å²) in [5.74, 6) is 0. The van der Waals surface area contributed by atoms with E-state index in [0.717, 1.165) is 35.7 Å². The van der Waals surface area contributed by atoms with E-state index in [9.17, 15) is 0 Å². The molecule has 0 atom stereocenters. The van der Waals surface area contributed by atoms with E-state index in [-0.39, 0.29) is 0 Å². The standard InChI is InChI=1S/C12H16ClN/c1-3-7-14-9-11-6-5-10(4-2)8-12(11)13/h4-6,8,14H,2-3,7,9H2,1H3. The highest BCUT2D eigenvalue weighted by Crippen LogP contribution is 2.18. The highest BCUT2D eigenvalue weighted by Gasteiger charge is 1.99. The lowest BCUT2D eigenvalue weighted by atomic mass is 10.1. The predicted molar refractivity (Wildman–Crippen MR) is 63.5 cm³/mol. The largest absolute Gasteiger partial charge is 0.313 e. The Morgan fingerprint density at radius 3 is 2.86 bits per heavy atom. The SMILES string of the molecule is C=Cc1ccc(CNCCC)c(Cl)c1. The van der Waals surface area contributed by atoms with Gasteiger partial charge in [0.25, 0.3) is 0 Å². The average Bonchev–Trinajstić information content (AvgIpc) is 2.20. The molecule has 0 radical (unpaired) electrons. The molecule has 0 aliphatic rings. The zero-order chi connectivity index (χ0) is 10.4. The van der Waals surface area contributed by atoms with Gasteiger partial charge >= 0.3 is 0 Å². The van der Waals surface area contributed by atoms with Crippen LogP contribution >= 0.6 is 11.6 Å². The number of nitrogens with one attached hydrogen (secondary N) is 1. The van der Waals surface area contributed by atoms with E-state index in [4.69, 9.17) is 11.6 Å². The fourth-order valence-corrected chi connectivity index (χ4v) is 1.49. The van der Waals surface area contributed by atoms with Crippen molar-refractivity contribution in [3.63, 3.8) is 0 Å². The van der Waals surface area contributed by atoms with Crippen LogP contribution in [-0.2, 0) is 6.54 Å². The van der Waals surface area contributed by atoms with Crippen LogP contribution in [0.25, 0.3) is 6.08 Å². The van der Waals surface area contributed by atoms with E-state index in [1.54, 1.807) is 6.08 Å². The monoisotopic (exact) mass is 209 g/mol. The van der Waals surface area contributed by atoms with Gasteiger partial charge in [-0.1, -0.05) is 43.3 Å². The third-order valence-electron chi connectivity index (χ3n) is 2.06. The third kappa shape index (κ3) is 3.17. The second-order valence-corrected chi connectivity index (χ2v) is 3.64. The molecule has 14 heavy (non-hydrogen) atoms. The summed E-state index contributed by atoms with van der Waals surface area (Å²) >= 11 is 6.10. The minimum Gasteiger partial charge on any atom is -0.313 e. The Bertz CT molecular complexity index is 307. The fourth-order valence-electron chi connectivity index (χ4n) is 1.23. The summed E-state index contributed by atoms with van der Waals surface area (Å²) in [5.41, 5.74) is 2.21. The van der Waals surface area contributed by atoms with Crippen LogP contribution in [0.3, 0.4) is 0 Å². The number of hydrogen-bond donors (Lipinski definition) is 1. The smallest absolute Gasteiger partial charge is 0.0456 e. The van der Waals surface area contributed by atoms with Crippen LogP contribution in [0.4, 0.5) is 0 Å². The summed E-state index contributed by atoms with van der Waals surface area (Å²) in [6.45, 7) is 7.72. The molecule has 1 rings (SSSR count). The van der Waals surface area contributed by atoms with Crippen molar-refractivity contribution in [1.82, 2.24) is 5.32 Å². The lowest BCUT2D eigenvalue weighted by Crippen LogP contribution is -2.13. The van der Waals surface area contributed by atoms with E-state index in [2.05, 4.69) is 18.8 Å². The molecule has 0 saturated carbocycles. The maximum absolute atomic E-state index is 6.10. The molecule has 0 heterocycles. The summed E-state index contributed by atoms with van der Waals surface area (Å²) < 4.78 is 0. The maximum Gasteiger partial charge on any atom is 0.0456 e. The molecule has 0 fully saturated rings. The Morgan fingerprint density at radius 2 is 2.29 bits per heavy atom. The zero-order valence-corrected chi connectivity index (χ0v) is 9.27. The Labute approximate surface area is 90.8 Å². The molecule has 0 amide bonds. The molecule has 76 valence electrons. The highest BCUT2D eigenvalue weighted by molar-refractivity contribution is 6.31. The van der Waals surface area contributed by atoms with Crippen LogP contribution in [0.1, 0.15) is 24.5 Å². The van der Waals surface area contributed by atoms with Crippen LogP contribution in [0.5, 0.6) is 0 Å². The van der Waals surface area contributed by atoms with Gasteiger partial charge in [-0.05, 0) is 30.2 Å². The van der Waals surface area contributed by atoms with Gasteiger partial charge in [-0.2, -0.15) is 0 Å². The van der Waals surface area contributed by atoms with Gasteiger partial charge in [0.1, 0.15) is 0 Å². The van der Waals surface area contributed by atoms with Gasteiger partial charge in [-0.3, -0.25) is 0 Å². The first-order valence-corrected chi connectivity index (χ1v) is 5.27. The van der Waals surface area contributed by atoms with Crippen LogP contribution < -0.4 is 5.32 Å². The van der Waals surface area contributed by atoms with E-state index in [1.807, 2.05) is 18.2 Å². The van der Waals surface area contributed by atoms with E-state index >= 15 is 0 Å². The number of rotatable bonds is 5. The topological polar surface area (TPSA) is 12.0 Å². The van der Waals surface area contributed by atoms with Gasteiger partial charge in [0, 0.05) is 11.6 Å². The number of benzene rings is 1. The minimum absolute atomic E-state index is 0.811. The maximum atomic E-state index is 6.10. The first-order valence-electron chi connectivity index (χ1n) is 4.89. The first kappa shape index (κ1) is 11.3. The second kappa shape index (κ2) is 5.84. The molecule has 0 spiro atoms. The molecule has 0 unspecified atom stereocenters. The lowest BCUT2D eigenvalue weighted by molar-refractivity contribution is 0.675. The number of halogens is 1. The third-order valence-corrected chi connectivity index (χ3v) is 2.41. The molecule has 1 nitrogen and oxygen atoms in total. The van der Waals surface area contributed by atoms with Gasteiger partial charge in [-0.15, -0.1) is 0 Å². The van der Waals surface area contributed by atoms with Crippen molar-refractivity contribution in [2.24, 2.45) is 0 Å². The van der Waals surface area contributed by atoms with Crippen molar-refractivity contribution in [3.05, 3.63) is 40.9 Å². The Hall–Kier alpha value is -0.790. The van der Waals surface area contributed by atoms with Crippen molar-refractivity contribution >= 4 is 17.7 Å². The highest BCUT2D eigenvalue weighted by atomic mass is 35.5. The Kier molecular flexibility index (Phi) is 4.71. The van der Waals surface area contributed by atoms with Crippen LogP contribution in [0, 0.1) is 0 Å². The molecule has 0 aliphatic carbocycles. The molecule has 1 aromatic carbocycles. The minimum atomic E-state index is 0.811. The Morgan fingerprint density at radius 1 is 1.50 bits per heavy atom. The van der Waals surface area contributed by atoms with Crippen molar-refractivity contribution < 1.29 is 0 Å². The summed E-state index contributed by atoms with van der Waals surface area (Å²) in [6.07, 6.45) is 2.94. The predicted octanol–water partition coefficient (Wildman–Crippen LogP) is 3.48. The lowest BCUT2D eigenvalue weighted by Gasteiger charge is -2.06. The summed E-state index contributed by atoms with van der Waals surface area (Å²) in [6, 6.07) is 6.02. The second-order valence-electron chi connectivity index (χ2n) is 3.23. The van der Waals surface area contributed by atoms with Gasteiger partial charge in [-0.25, -0.2) is 0 Å². The number of hydrogen-bond acceptors (Lipinski definition) is 1. The quantitative estimate of drug-likeness (QED) is 0.733. The summed E-state index contributed by atoms with van der Waals surface area (Å²) in [5, 5.41) is 4.13. The first-order chi connectivity index (χ1) is 6.77. The normalized spacial score (nSPS) is 10.1. The summed E-state index contributed by atoms with van der Waals surface area (Å²) in [4.78, 5) is 0.